The zero-order valence-electron chi connectivity index (χ0n) is 15.4. The Bertz CT molecular complexity index is 474. The van der Waals surface area contributed by atoms with Crippen molar-refractivity contribution in [2.75, 3.05) is 19.7 Å². The van der Waals surface area contributed by atoms with E-state index in [0.29, 0.717) is 13.0 Å². The molecular weight excluding hydrogens is 314 g/mol. The number of ether oxygens (including phenoxy) is 3. The number of esters is 3. The fourth-order valence-electron chi connectivity index (χ4n) is 2.47. The number of carbonyl (C=O) groups excluding carboxylic acids is 3. The molecule has 0 spiro atoms. The van der Waals surface area contributed by atoms with E-state index >= 15 is 0 Å². The Labute approximate surface area is 143 Å². The molecule has 0 aromatic carbocycles. The third-order valence-electron chi connectivity index (χ3n) is 3.61. The molecule has 1 fully saturated rings. The molecule has 2 atom stereocenters. The second-order valence-corrected chi connectivity index (χ2v) is 7.42. The summed E-state index contributed by atoms with van der Waals surface area (Å²) < 4.78 is 15.6. The molecule has 1 saturated heterocycles. The van der Waals surface area contributed by atoms with Crippen molar-refractivity contribution in [2.24, 2.45) is 11.8 Å². The van der Waals surface area contributed by atoms with E-state index in [2.05, 4.69) is 5.32 Å². The van der Waals surface area contributed by atoms with Gasteiger partial charge in [0.1, 0.15) is 5.60 Å². The van der Waals surface area contributed by atoms with Crippen LogP contribution >= 0.6 is 0 Å². The van der Waals surface area contributed by atoms with Gasteiger partial charge in [-0.1, -0.05) is 0 Å². The van der Waals surface area contributed by atoms with Gasteiger partial charge < -0.3 is 19.5 Å². The van der Waals surface area contributed by atoms with Gasteiger partial charge in [0.25, 0.3) is 0 Å². The molecule has 1 aliphatic rings. The number of carbonyl (C=O) groups is 3. The van der Waals surface area contributed by atoms with Gasteiger partial charge in [0.15, 0.2) is 5.92 Å². The highest BCUT2D eigenvalue weighted by Crippen LogP contribution is 2.26. The second kappa shape index (κ2) is 7.96. The normalized spacial score (nSPS) is 19.5. The Morgan fingerprint density at radius 1 is 1.08 bits per heavy atom. The minimum Gasteiger partial charge on any atom is -0.463 e. The predicted octanol–water partition coefficient (Wildman–Crippen LogP) is 1.44. The topological polar surface area (TPSA) is 90.9 Å². The minimum absolute atomic E-state index is 0.182. The van der Waals surface area contributed by atoms with Crippen LogP contribution in [-0.4, -0.2) is 48.8 Å². The van der Waals surface area contributed by atoms with Crippen LogP contribution in [0.15, 0.2) is 0 Å². The van der Waals surface area contributed by atoms with Gasteiger partial charge >= 0.3 is 17.9 Å². The van der Waals surface area contributed by atoms with Gasteiger partial charge in [0.05, 0.1) is 6.61 Å². The standard InChI is InChI=1S/C17H29NO6/c1-7-22-15(21)17(5,6)24-14(20)12(11-8-9-18-10-11)13(19)23-16(2,3)4/h11-12,18H,7-10H2,1-6H3/t11-,12+/m0/s1. The molecule has 24 heavy (non-hydrogen) atoms. The van der Waals surface area contributed by atoms with Gasteiger partial charge in [-0.25, -0.2) is 4.79 Å². The van der Waals surface area contributed by atoms with Crippen molar-refractivity contribution in [1.82, 2.24) is 5.32 Å². The maximum atomic E-state index is 12.6. The van der Waals surface area contributed by atoms with Crippen LogP contribution < -0.4 is 5.32 Å². The van der Waals surface area contributed by atoms with Crippen molar-refractivity contribution < 1.29 is 28.6 Å². The molecule has 0 aliphatic carbocycles. The van der Waals surface area contributed by atoms with E-state index in [-0.39, 0.29) is 12.5 Å². The van der Waals surface area contributed by atoms with Gasteiger partial charge in [-0.05, 0) is 67.0 Å². The Morgan fingerprint density at radius 2 is 1.67 bits per heavy atom. The Kier molecular flexibility index (Phi) is 6.77. The maximum Gasteiger partial charge on any atom is 0.349 e. The highest BCUT2D eigenvalue weighted by Gasteiger charge is 2.44. The summed E-state index contributed by atoms with van der Waals surface area (Å²) >= 11 is 0. The summed E-state index contributed by atoms with van der Waals surface area (Å²) in [4.78, 5) is 37.0. The maximum absolute atomic E-state index is 12.6. The third-order valence-corrected chi connectivity index (χ3v) is 3.61. The first-order valence-electron chi connectivity index (χ1n) is 8.31. The lowest BCUT2D eigenvalue weighted by atomic mass is 9.91. The van der Waals surface area contributed by atoms with E-state index in [0.717, 1.165) is 6.54 Å². The van der Waals surface area contributed by atoms with Crippen LogP contribution in [0.2, 0.25) is 0 Å². The Morgan fingerprint density at radius 3 is 2.12 bits per heavy atom. The fraction of sp³-hybridized carbons (Fsp3) is 0.824. The summed E-state index contributed by atoms with van der Waals surface area (Å²) in [7, 11) is 0. The summed E-state index contributed by atoms with van der Waals surface area (Å²) in [5.41, 5.74) is -2.17. The molecule has 0 bridgehead atoms. The quantitative estimate of drug-likeness (QED) is 0.443. The zero-order chi connectivity index (χ0) is 18.5. The van der Waals surface area contributed by atoms with Gasteiger partial charge in [0, 0.05) is 0 Å². The van der Waals surface area contributed by atoms with Crippen LogP contribution in [0.25, 0.3) is 0 Å². The number of hydrogen-bond acceptors (Lipinski definition) is 7. The smallest absolute Gasteiger partial charge is 0.349 e. The first kappa shape index (κ1) is 20.4. The molecule has 0 aromatic heterocycles. The first-order valence-corrected chi connectivity index (χ1v) is 8.31. The van der Waals surface area contributed by atoms with Crippen molar-refractivity contribution in [3.63, 3.8) is 0 Å². The van der Waals surface area contributed by atoms with Crippen LogP contribution in [-0.2, 0) is 28.6 Å². The molecule has 1 N–H and O–H groups in total. The Balaban J connectivity index is 2.91. The van der Waals surface area contributed by atoms with E-state index in [9.17, 15) is 14.4 Å². The van der Waals surface area contributed by atoms with E-state index < -0.39 is 35.0 Å². The summed E-state index contributed by atoms with van der Waals surface area (Å²) in [5, 5.41) is 3.12. The van der Waals surface area contributed by atoms with Crippen LogP contribution in [0.3, 0.4) is 0 Å². The third kappa shape index (κ3) is 5.78. The summed E-state index contributed by atoms with van der Waals surface area (Å²) in [6, 6.07) is 0. The van der Waals surface area contributed by atoms with E-state index in [1.807, 2.05) is 0 Å². The predicted molar refractivity (Wildman–Crippen MR) is 87.1 cm³/mol. The first-order chi connectivity index (χ1) is 11.0. The molecule has 138 valence electrons. The molecule has 7 heteroatoms. The van der Waals surface area contributed by atoms with Crippen LogP contribution in [0.5, 0.6) is 0 Å². The average Bonchev–Trinajstić information content (AvgIpc) is 2.89. The van der Waals surface area contributed by atoms with Gasteiger partial charge in [-0.2, -0.15) is 0 Å². The van der Waals surface area contributed by atoms with Crippen molar-refractivity contribution in [3.8, 4) is 0 Å². The number of rotatable bonds is 6. The summed E-state index contributed by atoms with van der Waals surface area (Å²) in [6.45, 7) is 11.2. The number of nitrogens with one attached hydrogen (secondary N) is 1. The largest absolute Gasteiger partial charge is 0.463 e. The lowest BCUT2D eigenvalue weighted by Crippen LogP contribution is -2.45. The van der Waals surface area contributed by atoms with Crippen molar-refractivity contribution in [1.29, 1.82) is 0 Å². The monoisotopic (exact) mass is 343 g/mol. The van der Waals surface area contributed by atoms with Gasteiger partial charge in [0.2, 0.25) is 5.60 Å². The van der Waals surface area contributed by atoms with Crippen molar-refractivity contribution >= 4 is 17.9 Å². The molecule has 1 rings (SSSR count). The average molecular weight is 343 g/mol. The lowest BCUT2D eigenvalue weighted by molar-refractivity contribution is -0.187. The van der Waals surface area contributed by atoms with Gasteiger partial charge in [-0.3, -0.25) is 9.59 Å². The van der Waals surface area contributed by atoms with E-state index in [1.165, 1.54) is 13.8 Å². The zero-order valence-corrected chi connectivity index (χ0v) is 15.4. The van der Waals surface area contributed by atoms with E-state index in [1.54, 1.807) is 27.7 Å². The molecule has 0 amide bonds. The van der Waals surface area contributed by atoms with E-state index in [4.69, 9.17) is 14.2 Å². The molecule has 0 saturated carbocycles. The molecular formula is C17H29NO6. The summed E-state index contributed by atoms with van der Waals surface area (Å²) in [5.74, 6) is -3.30. The van der Waals surface area contributed by atoms with Crippen LogP contribution in [0.4, 0.5) is 0 Å². The minimum atomic E-state index is -1.46. The Hall–Kier alpha value is -1.63. The molecule has 7 nitrogen and oxygen atoms in total. The molecule has 0 aromatic rings. The number of hydrogen-bond donors (Lipinski definition) is 1. The SMILES string of the molecule is CCOC(=O)C(C)(C)OC(=O)[C@@H](C(=O)OC(C)(C)C)[C@H]1CCNC1. The molecule has 1 aliphatic heterocycles. The fourth-order valence-corrected chi connectivity index (χ4v) is 2.47. The van der Waals surface area contributed by atoms with Crippen LogP contribution in [0.1, 0.15) is 48.0 Å². The lowest BCUT2D eigenvalue weighted by Gasteiger charge is -2.29. The van der Waals surface area contributed by atoms with Crippen molar-refractivity contribution in [3.05, 3.63) is 0 Å². The van der Waals surface area contributed by atoms with Crippen molar-refractivity contribution in [2.45, 2.75) is 59.2 Å². The highest BCUT2D eigenvalue weighted by molar-refractivity contribution is 5.97. The highest BCUT2D eigenvalue weighted by atomic mass is 16.6. The van der Waals surface area contributed by atoms with Crippen LogP contribution in [0, 0.1) is 11.8 Å². The summed E-state index contributed by atoms with van der Waals surface area (Å²) in [6.07, 6.45) is 0.666. The molecule has 1 heterocycles. The second-order valence-electron chi connectivity index (χ2n) is 7.42. The molecule has 0 unspecified atom stereocenters. The van der Waals surface area contributed by atoms with Gasteiger partial charge in [-0.15, -0.1) is 0 Å². The molecule has 0 radical (unpaired) electrons.